The number of nitrogens with zero attached hydrogens (tertiary/aromatic N) is 1. The summed E-state index contributed by atoms with van der Waals surface area (Å²) in [4.78, 5) is 24.4. The van der Waals surface area contributed by atoms with Gasteiger partial charge in [-0.15, -0.1) is 12.3 Å². The molecule has 0 aliphatic carbocycles. The third-order valence-electron chi connectivity index (χ3n) is 2.79. The van der Waals surface area contributed by atoms with Crippen LogP contribution in [-0.2, 0) is 11.3 Å². The topological polar surface area (TPSA) is 89.9 Å². The normalized spacial score (nSPS) is 11.2. The van der Waals surface area contributed by atoms with Gasteiger partial charge in [-0.2, -0.15) is 0 Å². The molecule has 21 heavy (non-hydrogen) atoms. The zero-order chi connectivity index (χ0) is 15.7. The number of amides is 2. The van der Waals surface area contributed by atoms with Crippen LogP contribution in [0.5, 0.6) is 0 Å². The van der Waals surface area contributed by atoms with Crippen molar-refractivity contribution in [3.05, 3.63) is 35.9 Å². The number of aliphatic hydroxyl groups is 1. The molecule has 1 atom stereocenters. The van der Waals surface area contributed by atoms with Gasteiger partial charge in [0.05, 0.1) is 6.61 Å². The first-order valence-electron chi connectivity index (χ1n) is 6.45. The lowest BCUT2D eigenvalue weighted by Gasteiger charge is -2.24. The molecule has 0 spiro atoms. The highest BCUT2D eigenvalue weighted by molar-refractivity contribution is 5.82. The van der Waals surface area contributed by atoms with Gasteiger partial charge in [0.1, 0.15) is 6.04 Å². The number of aliphatic hydroxyl groups excluding tert-OH is 1. The lowest BCUT2D eigenvalue weighted by molar-refractivity contribution is -0.139. The number of hydrogen-bond donors (Lipinski definition) is 3. The minimum Gasteiger partial charge on any atom is -0.480 e. The fraction of sp³-hybridized carbons (Fsp3) is 0.333. The van der Waals surface area contributed by atoms with Crippen LogP contribution in [0.1, 0.15) is 12.0 Å². The Bertz CT molecular complexity index is 510. The van der Waals surface area contributed by atoms with Crippen LogP contribution in [0.25, 0.3) is 0 Å². The molecule has 112 valence electrons. The predicted octanol–water partition coefficient (Wildman–Crippen LogP) is 0.667. The van der Waals surface area contributed by atoms with Crippen LogP contribution in [-0.4, -0.2) is 46.3 Å². The molecule has 0 bridgehead atoms. The first-order valence-corrected chi connectivity index (χ1v) is 6.45. The van der Waals surface area contributed by atoms with Crippen molar-refractivity contribution in [3.63, 3.8) is 0 Å². The molecule has 3 N–H and O–H groups in total. The molecular formula is C15H18N2O4. The second-order valence-electron chi connectivity index (χ2n) is 4.38. The highest BCUT2D eigenvalue weighted by atomic mass is 16.4. The minimum atomic E-state index is -1.19. The smallest absolute Gasteiger partial charge is 0.327 e. The molecule has 0 aliphatic rings. The zero-order valence-corrected chi connectivity index (χ0v) is 11.5. The molecule has 1 rings (SSSR count). The zero-order valence-electron chi connectivity index (χ0n) is 11.5. The van der Waals surface area contributed by atoms with Gasteiger partial charge in [-0.3, -0.25) is 0 Å². The summed E-state index contributed by atoms with van der Waals surface area (Å²) in [7, 11) is 0. The number of carbonyl (C=O) groups is 2. The van der Waals surface area contributed by atoms with E-state index < -0.39 is 18.0 Å². The largest absolute Gasteiger partial charge is 0.480 e. The van der Waals surface area contributed by atoms with E-state index in [0.29, 0.717) is 0 Å². The second-order valence-corrected chi connectivity index (χ2v) is 4.38. The van der Waals surface area contributed by atoms with Crippen LogP contribution in [0, 0.1) is 12.3 Å². The Morgan fingerprint density at radius 2 is 2.00 bits per heavy atom. The van der Waals surface area contributed by atoms with Gasteiger partial charge in [-0.25, -0.2) is 9.59 Å². The highest BCUT2D eigenvalue weighted by Gasteiger charge is 2.22. The predicted molar refractivity (Wildman–Crippen MR) is 77.3 cm³/mol. The standard InChI is InChI=1S/C15H18N2O4/c1-2-6-13(14(19)20)16-15(21)17(9-10-18)11-12-7-4-3-5-8-12/h1,3-5,7-8,13,18H,6,9-11H2,(H,16,21)(H,19,20). The summed E-state index contributed by atoms with van der Waals surface area (Å²) < 4.78 is 0. The molecular weight excluding hydrogens is 272 g/mol. The summed E-state index contributed by atoms with van der Waals surface area (Å²) in [6.07, 6.45) is 4.99. The van der Waals surface area contributed by atoms with Crippen LogP contribution in [0.15, 0.2) is 30.3 Å². The minimum absolute atomic E-state index is 0.0978. The van der Waals surface area contributed by atoms with Crippen molar-refractivity contribution in [1.82, 2.24) is 10.2 Å². The molecule has 1 aromatic carbocycles. The average Bonchev–Trinajstić information content (AvgIpc) is 2.47. The Hall–Kier alpha value is -2.52. The molecule has 0 aliphatic heterocycles. The Kier molecular flexibility index (Phi) is 6.78. The molecule has 0 fully saturated rings. The summed E-state index contributed by atoms with van der Waals surface area (Å²) in [6.45, 7) is 0.159. The Balaban J connectivity index is 2.73. The molecule has 6 nitrogen and oxygen atoms in total. The third kappa shape index (κ3) is 5.55. The molecule has 1 unspecified atom stereocenters. The van der Waals surface area contributed by atoms with Crippen molar-refractivity contribution in [2.45, 2.75) is 19.0 Å². The van der Waals surface area contributed by atoms with Gasteiger partial charge in [-0.05, 0) is 5.56 Å². The van der Waals surface area contributed by atoms with E-state index in [-0.39, 0.29) is 26.1 Å². The fourth-order valence-electron chi connectivity index (χ4n) is 1.74. The number of terminal acetylenes is 1. The fourth-order valence-corrected chi connectivity index (χ4v) is 1.74. The number of aliphatic carboxylic acids is 1. The number of benzene rings is 1. The van der Waals surface area contributed by atoms with E-state index in [9.17, 15) is 9.59 Å². The van der Waals surface area contributed by atoms with E-state index in [1.165, 1.54) is 4.90 Å². The molecule has 0 aromatic heterocycles. The SMILES string of the molecule is C#CCC(NC(=O)N(CCO)Cc1ccccc1)C(=O)O. The molecule has 0 radical (unpaired) electrons. The number of carboxylic acid groups (broad SMARTS) is 1. The van der Waals surface area contributed by atoms with E-state index in [1.807, 2.05) is 30.3 Å². The lowest BCUT2D eigenvalue weighted by atomic mass is 10.2. The van der Waals surface area contributed by atoms with Gasteiger partial charge >= 0.3 is 12.0 Å². The quantitative estimate of drug-likeness (QED) is 0.644. The number of nitrogens with one attached hydrogen (secondary N) is 1. The van der Waals surface area contributed by atoms with Gasteiger partial charge in [0.25, 0.3) is 0 Å². The number of hydrogen-bond acceptors (Lipinski definition) is 3. The summed E-state index contributed by atoms with van der Waals surface area (Å²) >= 11 is 0. The van der Waals surface area contributed by atoms with Crippen LogP contribution < -0.4 is 5.32 Å². The summed E-state index contributed by atoms with van der Waals surface area (Å²) in [6, 6.07) is 7.50. The number of rotatable bonds is 7. The molecule has 0 saturated heterocycles. The number of carboxylic acids is 1. The van der Waals surface area contributed by atoms with Crippen LogP contribution in [0.3, 0.4) is 0 Å². The van der Waals surface area contributed by atoms with Crippen molar-refractivity contribution < 1.29 is 19.8 Å². The second kappa shape index (κ2) is 8.61. The van der Waals surface area contributed by atoms with Crippen molar-refractivity contribution in [2.75, 3.05) is 13.2 Å². The maximum atomic E-state index is 12.1. The van der Waals surface area contributed by atoms with Gasteiger partial charge < -0.3 is 20.4 Å². The average molecular weight is 290 g/mol. The number of urea groups is 1. The number of carbonyl (C=O) groups excluding carboxylic acids is 1. The van der Waals surface area contributed by atoms with Gasteiger partial charge in [-0.1, -0.05) is 30.3 Å². The summed E-state index contributed by atoms with van der Waals surface area (Å²) in [5.74, 6) is 1.02. The molecule has 6 heteroatoms. The Morgan fingerprint density at radius 3 is 2.52 bits per heavy atom. The summed E-state index contributed by atoms with van der Waals surface area (Å²) in [5.41, 5.74) is 0.880. The molecule has 2 amide bonds. The van der Waals surface area contributed by atoms with Crippen molar-refractivity contribution in [2.24, 2.45) is 0 Å². The van der Waals surface area contributed by atoms with Crippen LogP contribution in [0.4, 0.5) is 4.79 Å². The Labute approximate surface area is 123 Å². The van der Waals surface area contributed by atoms with E-state index in [2.05, 4.69) is 11.2 Å². The first kappa shape index (κ1) is 16.5. The van der Waals surface area contributed by atoms with Crippen molar-refractivity contribution >= 4 is 12.0 Å². The van der Waals surface area contributed by atoms with E-state index in [1.54, 1.807) is 0 Å². The first-order chi connectivity index (χ1) is 10.1. The van der Waals surface area contributed by atoms with Crippen molar-refractivity contribution in [3.8, 4) is 12.3 Å². The van der Waals surface area contributed by atoms with E-state index in [4.69, 9.17) is 16.6 Å². The van der Waals surface area contributed by atoms with Crippen molar-refractivity contribution in [1.29, 1.82) is 0 Å². The maximum Gasteiger partial charge on any atom is 0.327 e. The van der Waals surface area contributed by atoms with Gasteiger partial charge in [0, 0.05) is 19.5 Å². The third-order valence-corrected chi connectivity index (χ3v) is 2.79. The molecule has 1 aromatic rings. The molecule has 0 heterocycles. The van der Waals surface area contributed by atoms with Crippen LogP contribution >= 0.6 is 0 Å². The Morgan fingerprint density at radius 1 is 1.33 bits per heavy atom. The van der Waals surface area contributed by atoms with Gasteiger partial charge in [0.2, 0.25) is 0 Å². The van der Waals surface area contributed by atoms with Crippen LogP contribution in [0.2, 0.25) is 0 Å². The summed E-state index contributed by atoms with van der Waals surface area (Å²) in [5, 5.41) is 20.4. The van der Waals surface area contributed by atoms with E-state index in [0.717, 1.165) is 5.56 Å². The monoisotopic (exact) mass is 290 g/mol. The molecule has 0 saturated carbocycles. The van der Waals surface area contributed by atoms with Gasteiger partial charge in [0.15, 0.2) is 0 Å². The van der Waals surface area contributed by atoms with E-state index >= 15 is 0 Å². The highest BCUT2D eigenvalue weighted by Crippen LogP contribution is 2.05. The maximum absolute atomic E-state index is 12.1. The lowest BCUT2D eigenvalue weighted by Crippen LogP contribution is -2.48.